The molecule has 0 N–H and O–H groups in total. The fourth-order valence-electron chi connectivity index (χ4n) is 1.41. The van der Waals surface area contributed by atoms with Crippen LogP contribution in [0.4, 0.5) is 0 Å². The van der Waals surface area contributed by atoms with Crippen LogP contribution in [0.1, 0.15) is 20.3 Å². The highest BCUT2D eigenvalue weighted by Gasteiger charge is 2.33. The molecule has 96 valence electrons. The summed E-state index contributed by atoms with van der Waals surface area (Å²) in [6.45, 7) is 4.20. The van der Waals surface area contributed by atoms with Gasteiger partial charge in [0.2, 0.25) is 0 Å². The number of alkyl halides is 1. The number of carbonyl (C=O) groups is 2. The van der Waals surface area contributed by atoms with E-state index >= 15 is 0 Å². The smallest absolute Gasteiger partial charge is 0.349 e. The molecule has 1 heterocycles. The topological polar surface area (TPSA) is 61.8 Å². The van der Waals surface area contributed by atoms with Crippen molar-refractivity contribution in [2.75, 3.05) is 19.8 Å². The highest BCUT2D eigenvalue weighted by atomic mass is 79.9. The number of ether oxygens (including phenoxy) is 3. The van der Waals surface area contributed by atoms with Gasteiger partial charge >= 0.3 is 11.9 Å². The summed E-state index contributed by atoms with van der Waals surface area (Å²) in [4.78, 5) is 23.3. The lowest BCUT2D eigenvalue weighted by molar-refractivity contribution is -0.147. The molecule has 5 nitrogen and oxygen atoms in total. The van der Waals surface area contributed by atoms with E-state index in [-0.39, 0.29) is 23.6 Å². The zero-order valence-electron chi connectivity index (χ0n) is 9.82. The second-order valence-corrected chi connectivity index (χ2v) is 4.39. The Morgan fingerprint density at radius 1 is 1.29 bits per heavy atom. The van der Waals surface area contributed by atoms with E-state index in [0.717, 1.165) is 0 Å². The first-order chi connectivity index (χ1) is 8.11. The van der Waals surface area contributed by atoms with Crippen molar-refractivity contribution in [2.24, 2.45) is 0 Å². The van der Waals surface area contributed by atoms with E-state index < -0.39 is 11.9 Å². The number of rotatable bonds is 4. The number of allylic oxidation sites excluding steroid dienone is 1. The highest BCUT2D eigenvalue weighted by molar-refractivity contribution is 9.09. The van der Waals surface area contributed by atoms with Crippen LogP contribution in [0.5, 0.6) is 0 Å². The standard InChI is InChI=1S/C11H15BrO5/c1-3-15-10(13)8(11(14)16-4-2)9-7(12)5-6-17-9/h7H,3-6H2,1-2H3/t7-/m1/s1. The zero-order chi connectivity index (χ0) is 12.8. The molecule has 1 saturated heterocycles. The van der Waals surface area contributed by atoms with Crippen LogP contribution in [0, 0.1) is 0 Å². The second-order valence-electron chi connectivity index (χ2n) is 3.28. The van der Waals surface area contributed by atoms with E-state index in [9.17, 15) is 9.59 Å². The van der Waals surface area contributed by atoms with Crippen molar-refractivity contribution in [3.05, 3.63) is 11.3 Å². The average Bonchev–Trinajstić information content (AvgIpc) is 2.66. The van der Waals surface area contributed by atoms with Gasteiger partial charge in [-0.05, 0) is 13.8 Å². The maximum absolute atomic E-state index is 11.7. The molecule has 0 aromatic heterocycles. The van der Waals surface area contributed by atoms with Crippen LogP contribution in [0.15, 0.2) is 11.3 Å². The molecule has 0 spiro atoms. The van der Waals surface area contributed by atoms with Crippen molar-refractivity contribution in [3.63, 3.8) is 0 Å². The van der Waals surface area contributed by atoms with Crippen molar-refractivity contribution in [1.29, 1.82) is 0 Å². The van der Waals surface area contributed by atoms with Gasteiger partial charge in [0.05, 0.1) is 24.6 Å². The Morgan fingerprint density at radius 3 is 2.18 bits per heavy atom. The summed E-state index contributed by atoms with van der Waals surface area (Å²) in [7, 11) is 0. The predicted molar refractivity (Wildman–Crippen MR) is 63.6 cm³/mol. The first kappa shape index (κ1) is 14.0. The van der Waals surface area contributed by atoms with E-state index in [1.807, 2.05) is 0 Å². The van der Waals surface area contributed by atoms with E-state index in [0.29, 0.717) is 18.8 Å². The molecule has 17 heavy (non-hydrogen) atoms. The molecular weight excluding hydrogens is 292 g/mol. The number of hydrogen-bond donors (Lipinski definition) is 0. The van der Waals surface area contributed by atoms with E-state index in [2.05, 4.69) is 15.9 Å². The van der Waals surface area contributed by atoms with Crippen LogP contribution in [-0.2, 0) is 23.8 Å². The normalized spacial score (nSPS) is 18.5. The quantitative estimate of drug-likeness (QED) is 0.259. The average molecular weight is 307 g/mol. The summed E-state index contributed by atoms with van der Waals surface area (Å²) < 4.78 is 15.0. The minimum atomic E-state index is -0.702. The van der Waals surface area contributed by atoms with Gasteiger partial charge in [0.15, 0.2) is 5.57 Å². The Kier molecular flexibility index (Phi) is 5.47. The Hall–Kier alpha value is -1.04. The van der Waals surface area contributed by atoms with Gasteiger partial charge in [-0.25, -0.2) is 9.59 Å². The largest absolute Gasteiger partial charge is 0.495 e. The molecule has 6 heteroatoms. The van der Waals surface area contributed by atoms with Crippen molar-refractivity contribution >= 4 is 27.9 Å². The molecule has 1 atom stereocenters. The number of carbonyl (C=O) groups excluding carboxylic acids is 2. The number of hydrogen-bond acceptors (Lipinski definition) is 5. The fraction of sp³-hybridized carbons (Fsp3) is 0.636. The third-order valence-corrected chi connectivity index (χ3v) is 2.99. The van der Waals surface area contributed by atoms with Crippen molar-refractivity contribution < 1.29 is 23.8 Å². The van der Waals surface area contributed by atoms with Crippen LogP contribution >= 0.6 is 15.9 Å². The molecule has 1 aliphatic rings. The lowest BCUT2D eigenvalue weighted by Gasteiger charge is -2.10. The third-order valence-electron chi connectivity index (χ3n) is 2.12. The SMILES string of the molecule is CCOC(=O)C(C(=O)OCC)=C1OCC[C@H]1Br. The van der Waals surface area contributed by atoms with Crippen LogP contribution in [0.3, 0.4) is 0 Å². The molecule has 1 aliphatic heterocycles. The summed E-state index contributed by atoms with van der Waals surface area (Å²) >= 11 is 3.35. The molecule has 1 fully saturated rings. The van der Waals surface area contributed by atoms with E-state index in [1.165, 1.54) is 0 Å². The van der Waals surface area contributed by atoms with Gasteiger partial charge in [-0.2, -0.15) is 0 Å². The Bertz CT molecular complexity index is 317. The number of esters is 2. The van der Waals surface area contributed by atoms with Gasteiger partial charge < -0.3 is 14.2 Å². The summed E-state index contributed by atoms with van der Waals surface area (Å²) in [6, 6.07) is 0. The van der Waals surface area contributed by atoms with Gasteiger partial charge in [0.1, 0.15) is 5.76 Å². The molecule has 0 amide bonds. The van der Waals surface area contributed by atoms with Crippen LogP contribution in [-0.4, -0.2) is 36.6 Å². The molecule has 0 aliphatic carbocycles. The lowest BCUT2D eigenvalue weighted by atomic mass is 10.2. The van der Waals surface area contributed by atoms with Crippen molar-refractivity contribution in [1.82, 2.24) is 0 Å². The van der Waals surface area contributed by atoms with Crippen molar-refractivity contribution in [3.8, 4) is 0 Å². The minimum absolute atomic E-state index is 0.145. The zero-order valence-corrected chi connectivity index (χ0v) is 11.4. The Labute approximate surface area is 108 Å². The van der Waals surface area contributed by atoms with Gasteiger partial charge in [-0.15, -0.1) is 0 Å². The van der Waals surface area contributed by atoms with Gasteiger partial charge in [0.25, 0.3) is 0 Å². The number of halogens is 1. The molecule has 0 aromatic carbocycles. The second kappa shape index (κ2) is 6.64. The summed E-state index contributed by atoms with van der Waals surface area (Å²) in [5, 5.41) is 0. The molecule has 0 aromatic rings. The monoisotopic (exact) mass is 306 g/mol. The van der Waals surface area contributed by atoms with Gasteiger partial charge in [-0.3, -0.25) is 0 Å². The molecule has 1 rings (SSSR count). The summed E-state index contributed by atoms with van der Waals surface area (Å²) in [5.41, 5.74) is -0.145. The third kappa shape index (κ3) is 3.46. The lowest BCUT2D eigenvalue weighted by Crippen LogP contribution is -2.22. The molecule has 0 unspecified atom stereocenters. The highest BCUT2D eigenvalue weighted by Crippen LogP contribution is 2.28. The van der Waals surface area contributed by atoms with E-state index in [1.54, 1.807) is 13.8 Å². The molecule has 0 bridgehead atoms. The van der Waals surface area contributed by atoms with Crippen LogP contribution < -0.4 is 0 Å². The Balaban J connectivity index is 3.01. The van der Waals surface area contributed by atoms with Gasteiger partial charge in [-0.1, -0.05) is 15.9 Å². The van der Waals surface area contributed by atoms with Gasteiger partial charge in [0, 0.05) is 6.42 Å². The molecule has 0 saturated carbocycles. The van der Waals surface area contributed by atoms with Crippen molar-refractivity contribution in [2.45, 2.75) is 25.1 Å². The Morgan fingerprint density at radius 2 is 1.82 bits per heavy atom. The molecule has 0 radical (unpaired) electrons. The predicted octanol–water partition coefficient (Wildman–Crippen LogP) is 1.55. The summed E-state index contributed by atoms with van der Waals surface area (Å²) in [5.74, 6) is -1.10. The maximum atomic E-state index is 11.7. The first-order valence-corrected chi connectivity index (χ1v) is 6.38. The summed E-state index contributed by atoms with van der Waals surface area (Å²) in [6.07, 6.45) is 0.706. The first-order valence-electron chi connectivity index (χ1n) is 5.47. The van der Waals surface area contributed by atoms with Crippen LogP contribution in [0.25, 0.3) is 0 Å². The molecular formula is C11H15BrO5. The fourth-order valence-corrected chi connectivity index (χ4v) is 1.96. The maximum Gasteiger partial charge on any atom is 0.349 e. The van der Waals surface area contributed by atoms with E-state index in [4.69, 9.17) is 14.2 Å². The minimum Gasteiger partial charge on any atom is -0.495 e. The van der Waals surface area contributed by atoms with Crippen LogP contribution in [0.2, 0.25) is 0 Å².